The van der Waals surface area contributed by atoms with Gasteiger partial charge in [0.25, 0.3) is 0 Å². The molecule has 87 heavy (non-hydrogen) atoms. The second-order valence-corrected chi connectivity index (χ2v) is 24.0. The number of carbonyl (C=O) groups is 9. The molecule has 0 spiro atoms. The van der Waals surface area contributed by atoms with Crippen LogP contribution in [0.1, 0.15) is 118 Å². The van der Waals surface area contributed by atoms with Crippen LogP contribution in [0.3, 0.4) is 0 Å². The van der Waals surface area contributed by atoms with Gasteiger partial charge in [-0.2, -0.15) is 0 Å². The van der Waals surface area contributed by atoms with Crippen LogP contribution < -0.4 is 43.0 Å². The van der Waals surface area contributed by atoms with Crippen LogP contribution >= 0.6 is 0 Å². The number of likely N-dealkylation sites (tertiary alicyclic amines) is 1. The normalized spacial score (nSPS) is 16.8. The van der Waals surface area contributed by atoms with Crippen LogP contribution in [0.25, 0.3) is 0 Å². The molecule has 1 fully saturated rings. The summed E-state index contributed by atoms with van der Waals surface area (Å²) in [5.74, 6) is -4.76. The highest BCUT2D eigenvalue weighted by Crippen LogP contribution is 2.30. The Morgan fingerprint density at radius 3 is 1.92 bits per heavy atom. The first-order valence-electron chi connectivity index (χ1n) is 30.6. The molecule has 10 N–H and O–H groups in total. The highest BCUT2D eigenvalue weighted by molar-refractivity contribution is 5.98. The van der Waals surface area contributed by atoms with Crippen molar-refractivity contribution in [2.45, 2.75) is 175 Å². The number of rotatable bonds is 38. The SMILES string of the molecule is CC[C@H](C)[C@@H]([C@@H](CC(=O)N1CCC[C@H]1[C@H](OC)[C@@H](C)C(=O)N[C@@H](Cc1ccccc1)C(=O)NCc1ccc(NC(=O)[C@H](CCCNC(N)=O)NC(=O)[C@@H](NC(=O)CCOCCO)C(C)C)cc1)OC)N(C)C(=O)[C@@H](NC(=O)[C@H](C(C)C)N(C)C)C(C)C. The van der Waals surface area contributed by atoms with Crippen molar-refractivity contribution in [3.63, 3.8) is 0 Å². The van der Waals surface area contributed by atoms with Gasteiger partial charge in [-0.25, -0.2) is 4.79 Å². The van der Waals surface area contributed by atoms with Gasteiger partial charge in [0.15, 0.2) is 0 Å². The minimum absolute atomic E-state index is 0.00144. The zero-order valence-corrected chi connectivity index (χ0v) is 53.9. The third-order valence-electron chi connectivity index (χ3n) is 16.1. The maximum Gasteiger partial charge on any atom is 0.312 e. The number of hydrogen-bond donors (Lipinski definition) is 9. The largest absolute Gasteiger partial charge is 0.394 e. The van der Waals surface area contributed by atoms with E-state index in [-0.39, 0.29) is 106 Å². The number of aliphatic hydroxyl groups is 1. The van der Waals surface area contributed by atoms with Gasteiger partial charge in [-0.3, -0.25) is 43.3 Å². The fraction of sp³-hybridized carbons (Fsp3) is 0.667. The van der Waals surface area contributed by atoms with E-state index in [1.54, 1.807) is 61.9 Å². The molecule has 488 valence electrons. The number of anilines is 1. The van der Waals surface area contributed by atoms with Crippen molar-refractivity contribution in [2.24, 2.45) is 35.3 Å². The topological polar surface area (TPSA) is 322 Å². The van der Waals surface area contributed by atoms with E-state index in [4.69, 9.17) is 25.1 Å². The average molecular weight is 1220 g/mol. The molecule has 1 aliphatic rings. The summed E-state index contributed by atoms with van der Waals surface area (Å²) in [4.78, 5) is 128. The number of nitrogens with two attached hydrogens (primary N) is 1. The Kier molecular flexibility index (Phi) is 32.4. The quantitative estimate of drug-likeness (QED) is 0.0437. The lowest BCUT2D eigenvalue weighted by atomic mass is 9.89. The van der Waals surface area contributed by atoms with Gasteiger partial charge in [0.2, 0.25) is 47.3 Å². The molecule has 0 radical (unpaired) electrons. The predicted octanol–water partition coefficient (Wildman–Crippen LogP) is 3.09. The van der Waals surface area contributed by atoms with E-state index in [2.05, 4.69) is 37.2 Å². The number of nitrogens with zero attached hydrogens (tertiary/aromatic N) is 3. The van der Waals surface area contributed by atoms with E-state index in [9.17, 15) is 43.2 Å². The third-order valence-corrected chi connectivity index (χ3v) is 16.1. The Hall–Kier alpha value is -6.73. The lowest BCUT2D eigenvalue weighted by Crippen LogP contribution is -2.59. The summed E-state index contributed by atoms with van der Waals surface area (Å²) in [7, 11) is 8.41. The van der Waals surface area contributed by atoms with Gasteiger partial charge in [-0.15, -0.1) is 0 Å². The molecule has 24 heteroatoms. The number of amides is 10. The van der Waals surface area contributed by atoms with E-state index in [1.807, 2.05) is 90.9 Å². The standard InChI is InChI=1S/C63H103N11O13/c1-15-41(8)55(73(12)62(83)53(39(4)5)71-61(82)54(40(6)7)72(10)11)49(85-13)36-51(77)74-31-20-24-48(74)56(86-14)42(9)57(78)69-47(35-43-21-17-16-18-22-43)58(79)66-37-44-25-27-45(28-26-44)67-59(80)46(23-19-30-65-63(64)84)68-60(81)52(38(2)3)70-50(76)29-33-87-34-32-75/h16-18,21-22,25-28,38-42,46-49,52-56,75H,15,19-20,23-24,29-37H2,1-14H3,(H,66,79)(H,67,80)(H,68,81)(H,69,78)(H,70,76)(H,71,82)(H3,64,65,84)/t41-,42+,46-,47-,48-,49+,52-,53-,54-,55-,56+/m0/s1. The molecular weight excluding hydrogens is 1120 g/mol. The minimum Gasteiger partial charge on any atom is -0.394 e. The first-order valence-corrected chi connectivity index (χ1v) is 30.6. The van der Waals surface area contributed by atoms with Crippen molar-refractivity contribution in [1.29, 1.82) is 0 Å². The molecule has 2 aromatic rings. The predicted molar refractivity (Wildman–Crippen MR) is 332 cm³/mol. The summed E-state index contributed by atoms with van der Waals surface area (Å²) in [6.45, 7) is 17.5. The van der Waals surface area contributed by atoms with Gasteiger partial charge < -0.3 is 72.1 Å². The summed E-state index contributed by atoms with van der Waals surface area (Å²) >= 11 is 0. The Morgan fingerprint density at radius 1 is 0.713 bits per heavy atom. The Labute approximate surface area is 515 Å². The summed E-state index contributed by atoms with van der Waals surface area (Å²) in [5, 5.41) is 28.7. The van der Waals surface area contributed by atoms with Crippen LogP contribution in [-0.2, 0) is 65.5 Å². The molecule has 1 aliphatic heterocycles. The van der Waals surface area contributed by atoms with E-state index in [0.717, 1.165) is 5.56 Å². The van der Waals surface area contributed by atoms with Gasteiger partial charge >= 0.3 is 6.03 Å². The molecule has 1 heterocycles. The van der Waals surface area contributed by atoms with Crippen LogP contribution in [0, 0.1) is 29.6 Å². The smallest absolute Gasteiger partial charge is 0.312 e. The van der Waals surface area contributed by atoms with Crippen LogP contribution in [0.5, 0.6) is 0 Å². The van der Waals surface area contributed by atoms with Crippen molar-refractivity contribution < 1.29 is 62.5 Å². The minimum atomic E-state index is -1.08. The van der Waals surface area contributed by atoms with Crippen LogP contribution in [-0.4, -0.2) is 196 Å². The van der Waals surface area contributed by atoms with Gasteiger partial charge in [-0.05, 0) is 86.7 Å². The summed E-state index contributed by atoms with van der Waals surface area (Å²) in [6, 6.07) is 9.80. The first kappa shape index (κ1) is 74.5. The molecule has 2 aromatic carbocycles. The molecule has 0 aromatic heterocycles. The molecule has 24 nitrogen and oxygen atoms in total. The van der Waals surface area contributed by atoms with Crippen LogP contribution in [0.15, 0.2) is 54.6 Å². The van der Waals surface area contributed by atoms with Crippen molar-refractivity contribution in [3.05, 3.63) is 65.7 Å². The number of methoxy groups -OCH3 is 2. The highest BCUT2D eigenvalue weighted by Gasteiger charge is 2.44. The summed E-state index contributed by atoms with van der Waals surface area (Å²) in [5.41, 5.74) is 7.08. The number of nitrogens with one attached hydrogen (secondary N) is 7. The number of aliphatic hydroxyl groups excluding tert-OH is 1. The zero-order chi connectivity index (χ0) is 65.1. The molecule has 10 amide bonds. The Morgan fingerprint density at radius 2 is 1.36 bits per heavy atom. The lowest BCUT2D eigenvalue weighted by molar-refractivity contribution is -0.148. The second-order valence-electron chi connectivity index (χ2n) is 24.0. The molecule has 0 aliphatic carbocycles. The van der Waals surface area contributed by atoms with Crippen LogP contribution in [0.4, 0.5) is 10.5 Å². The van der Waals surface area contributed by atoms with Crippen LogP contribution in [0.2, 0.25) is 0 Å². The van der Waals surface area contributed by atoms with E-state index in [1.165, 1.54) is 14.2 Å². The van der Waals surface area contributed by atoms with Crippen molar-refractivity contribution in [2.75, 3.05) is 73.6 Å². The molecule has 0 unspecified atom stereocenters. The number of likely N-dealkylation sites (N-methyl/N-ethyl adjacent to an activating group) is 2. The van der Waals surface area contributed by atoms with E-state index in [0.29, 0.717) is 37.1 Å². The van der Waals surface area contributed by atoms with Crippen molar-refractivity contribution in [1.82, 2.24) is 46.6 Å². The van der Waals surface area contributed by atoms with Gasteiger partial charge in [0, 0.05) is 59.4 Å². The van der Waals surface area contributed by atoms with Gasteiger partial charge in [0.1, 0.15) is 24.2 Å². The number of urea groups is 1. The zero-order valence-electron chi connectivity index (χ0n) is 53.9. The molecule has 0 bridgehead atoms. The second kappa shape index (κ2) is 37.9. The average Bonchev–Trinajstić information content (AvgIpc) is 3.56. The number of benzene rings is 2. The molecule has 0 saturated carbocycles. The summed E-state index contributed by atoms with van der Waals surface area (Å²) < 4.78 is 17.3. The number of hydrogen-bond acceptors (Lipinski definition) is 14. The van der Waals surface area contributed by atoms with Crippen molar-refractivity contribution >= 4 is 59.0 Å². The fourth-order valence-electron chi connectivity index (χ4n) is 11.2. The number of carbonyl (C=O) groups excluding carboxylic acids is 9. The molecular formula is C63H103N11O13. The summed E-state index contributed by atoms with van der Waals surface area (Å²) in [6.07, 6.45) is 0.860. The number of ether oxygens (including phenoxy) is 3. The maximum atomic E-state index is 14.6. The van der Waals surface area contributed by atoms with Crippen molar-refractivity contribution in [3.8, 4) is 0 Å². The highest BCUT2D eigenvalue weighted by atomic mass is 16.5. The Balaban J connectivity index is 1.77. The van der Waals surface area contributed by atoms with Gasteiger partial charge in [-0.1, -0.05) is 111 Å². The molecule has 1 saturated heterocycles. The first-order chi connectivity index (χ1) is 41.2. The molecule has 3 rings (SSSR count). The monoisotopic (exact) mass is 1220 g/mol. The Bertz CT molecular complexity index is 2490. The van der Waals surface area contributed by atoms with Gasteiger partial charge in [0.05, 0.1) is 62.5 Å². The van der Waals surface area contributed by atoms with E-state index >= 15 is 0 Å². The van der Waals surface area contributed by atoms with E-state index < -0.39 is 96.0 Å². The maximum absolute atomic E-state index is 14.6. The number of primary amides is 1. The fourth-order valence-corrected chi connectivity index (χ4v) is 11.2. The lowest BCUT2D eigenvalue weighted by Gasteiger charge is -2.41. The molecule has 11 atom stereocenters. The third kappa shape index (κ3) is 23.7.